The summed E-state index contributed by atoms with van der Waals surface area (Å²) in [5.41, 5.74) is 2.03. The van der Waals surface area contributed by atoms with Gasteiger partial charge >= 0.3 is 0 Å². The Kier molecular flexibility index (Phi) is 3.64. The number of rotatable bonds is 4. The van der Waals surface area contributed by atoms with Gasteiger partial charge in [-0.2, -0.15) is 0 Å². The molecule has 2 atom stereocenters. The van der Waals surface area contributed by atoms with Crippen LogP contribution < -0.4 is 10.1 Å². The molecule has 5 heteroatoms. The number of carbonyl (C=O) groups is 1. The van der Waals surface area contributed by atoms with Crippen LogP contribution in [0.5, 0.6) is 5.75 Å². The first-order valence-electron chi connectivity index (χ1n) is 7.06. The summed E-state index contributed by atoms with van der Waals surface area (Å²) in [5, 5.41) is 2.96. The van der Waals surface area contributed by atoms with Crippen LogP contribution in [0.2, 0.25) is 0 Å². The molecule has 1 N–H and O–H groups in total. The highest BCUT2D eigenvalue weighted by molar-refractivity contribution is 5.82. The maximum absolute atomic E-state index is 12.2. The second kappa shape index (κ2) is 5.60. The summed E-state index contributed by atoms with van der Waals surface area (Å²) in [4.78, 5) is 16.6. The number of nitrogens with zero attached hydrogens (tertiary/aromatic N) is 2. The average molecular weight is 285 g/mol. The fourth-order valence-corrected chi connectivity index (χ4v) is 2.95. The molecule has 21 heavy (non-hydrogen) atoms. The highest BCUT2D eigenvalue weighted by Crippen LogP contribution is 2.32. The molecule has 1 fully saturated rings. The first-order valence-corrected chi connectivity index (χ1v) is 7.06. The van der Waals surface area contributed by atoms with Crippen molar-refractivity contribution in [3.05, 3.63) is 48.0 Å². The monoisotopic (exact) mass is 285 g/mol. The molecule has 1 aliphatic rings. The second-order valence-electron chi connectivity index (χ2n) is 5.44. The number of methoxy groups -OCH3 is 1. The predicted octanol–water partition coefficient (Wildman–Crippen LogP) is 1.50. The quantitative estimate of drug-likeness (QED) is 0.926. The Morgan fingerprint density at radius 1 is 1.43 bits per heavy atom. The zero-order chi connectivity index (χ0) is 14.8. The number of para-hydroxylation sites is 1. The zero-order valence-electron chi connectivity index (χ0n) is 12.2. The largest absolute Gasteiger partial charge is 0.496 e. The lowest BCUT2D eigenvalue weighted by atomic mass is 9.87. The number of imidazole rings is 1. The number of benzene rings is 1. The van der Waals surface area contributed by atoms with Crippen LogP contribution in [-0.2, 0) is 18.3 Å². The number of ether oxygens (including phenoxy) is 1. The van der Waals surface area contributed by atoms with Crippen LogP contribution in [0.1, 0.15) is 17.2 Å². The van der Waals surface area contributed by atoms with Crippen LogP contribution in [0, 0.1) is 5.92 Å². The first-order chi connectivity index (χ1) is 10.2. The number of amides is 1. The van der Waals surface area contributed by atoms with E-state index in [1.54, 1.807) is 13.4 Å². The van der Waals surface area contributed by atoms with Gasteiger partial charge in [-0.3, -0.25) is 4.79 Å². The number of hydrogen-bond acceptors (Lipinski definition) is 3. The molecule has 1 saturated heterocycles. The number of aryl methyl sites for hydroxylation is 1. The number of carbonyl (C=O) groups excluding carboxylic acids is 1. The van der Waals surface area contributed by atoms with Gasteiger partial charge in [0.15, 0.2) is 0 Å². The molecule has 2 unspecified atom stereocenters. The van der Waals surface area contributed by atoms with Crippen molar-refractivity contribution in [3.8, 4) is 5.75 Å². The first kappa shape index (κ1) is 13.7. The normalized spacial score (nSPS) is 21.3. The van der Waals surface area contributed by atoms with E-state index in [1.807, 2.05) is 42.1 Å². The average Bonchev–Trinajstić information content (AvgIpc) is 3.07. The number of aromatic nitrogens is 2. The van der Waals surface area contributed by atoms with Crippen LogP contribution in [-0.4, -0.2) is 29.1 Å². The van der Waals surface area contributed by atoms with Crippen LogP contribution >= 0.6 is 0 Å². The van der Waals surface area contributed by atoms with Crippen molar-refractivity contribution in [1.29, 1.82) is 0 Å². The zero-order valence-corrected chi connectivity index (χ0v) is 12.2. The summed E-state index contributed by atoms with van der Waals surface area (Å²) in [7, 11) is 3.60. The minimum absolute atomic E-state index is 0.0940. The second-order valence-corrected chi connectivity index (χ2v) is 5.44. The van der Waals surface area contributed by atoms with Gasteiger partial charge in [0.2, 0.25) is 5.91 Å². The molecule has 1 aliphatic heterocycles. The van der Waals surface area contributed by atoms with E-state index in [4.69, 9.17) is 4.74 Å². The molecule has 0 saturated carbocycles. The summed E-state index contributed by atoms with van der Waals surface area (Å²) in [6, 6.07) is 7.85. The third-order valence-electron chi connectivity index (χ3n) is 4.06. The van der Waals surface area contributed by atoms with E-state index in [1.165, 1.54) is 0 Å². The van der Waals surface area contributed by atoms with E-state index in [9.17, 15) is 4.79 Å². The van der Waals surface area contributed by atoms with Gasteiger partial charge in [0.25, 0.3) is 0 Å². The van der Waals surface area contributed by atoms with Crippen LogP contribution in [0.4, 0.5) is 0 Å². The molecule has 2 aromatic rings. The van der Waals surface area contributed by atoms with Gasteiger partial charge in [-0.05, 0) is 18.1 Å². The fourth-order valence-electron chi connectivity index (χ4n) is 2.95. The molecule has 0 radical (unpaired) electrons. The van der Waals surface area contributed by atoms with Crippen LogP contribution in [0.15, 0.2) is 36.8 Å². The molecule has 3 rings (SSSR count). The predicted molar refractivity (Wildman–Crippen MR) is 79.1 cm³/mol. The van der Waals surface area contributed by atoms with Gasteiger partial charge in [-0.1, -0.05) is 18.2 Å². The Morgan fingerprint density at radius 3 is 2.95 bits per heavy atom. The van der Waals surface area contributed by atoms with Crippen molar-refractivity contribution in [3.63, 3.8) is 0 Å². The minimum Gasteiger partial charge on any atom is -0.496 e. The van der Waals surface area contributed by atoms with E-state index in [0.717, 1.165) is 17.0 Å². The summed E-state index contributed by atoms with van der Waals surface area (Å²) in [6.07, 6.45) is 4.43. The highest BCUT2D eigenvalue weighted by Gasteiger charge is 2.37. The molecule has 110 valence electrons. The van der Waals surface area contributed by atoms with E-state index in [0.29, 0.717) is 13.0 Å². The molecule has 1 aromatic carbocycles. The lowest BCUT2D eigenvalue weighted by Gasteiger charge is -2.16. The Labute approximate surface area is 124 Å². The van der Waals surface area contributed by atoms with Gasteiger partial charge in [-0.15, -0.1) is 0 Å². The van der Waals surface area contributed by atoms with Gasteiger partial charge in [0, 0.05) is 25.7 Å². The lowest BCUT2D eigenvalue weighted by molar-refractivity contribution is -0.122. The SMILES string of the molecule is COc1ccccc1CC1C(=O)NCC1c1cn(C)cn1. The molecule has 1 aromatic heterocycles. The van der Waals surface area contributed by atoms with Crippen molar-refractivity contribution < 1.29 is 9.53 Å². The summed E-state index contributed by atoms with van der Waals surface area (Å²) in [5.74, 6) is 0.938. The van der Waals surface area contributed by atoms with Gasteiger partial charge < -0.3 is 14.6 Å². The fraction of sp³-hybridized carbons (Fsp3) is 0.375. The molecule has 1 amide bonds. The Morgan fingerprint density at radius 2 is 2.24 bits per heavy atom. The smallest absolute Gasteiger partial charge is 0.224 e. The molecular weight excluding hydrogens is 266 g/mol. The molecule has 0 spiro atoms. The summed E-state index contributed by atoms with van der Waals surface area (Å²) >= 11 is 0. The third-order valence-corrected chi connectivity index (χ3v) is 4.06. The number of hydrogen-bond donors (Lipinski definition) is 1. The molecule has 0 aliphatic carbocycles. The van der Waals surface area contributed by atoms with Crippen molar-refractivity contribution in [2.45, 2.75) is 12.3 Å². The van der Waals surface area contributed by atoms with Gasteiger partial charge in [0.1, 0.15) is 5.75 Å². The van der Waals surface area contributed by atoms with Crippen molar-refractivity contribution in [2.24, 2.45) is 13.0 Å². The Balaban J connectivity index is 1.86. The van der Waals surface area contributed by atoms with Crippen molar-refractivity contribution in [1.82, 2.24) is 14.9 Å². The van der Waals surface area contributed by atoms with Gasteiger partial charge in [0.05, 0.1) is 25.0 Å². The van der Waals surface area contributed by atoms with Gasteiger partial charge in [-0.25, -0.2) is 4.98 Å². The Hall–Kier alpha value is -2.30. The number of nitrogens with one attached hydrogen (secondary N) is 1. The maximum atomic E-state index is 12.2. The molecule has 2 heterocycles. The Bertz CT molecular complexity index is 650. The molecule has 5 nitrogen and oxygen atoms in total. The lowest BCUT2D eigenvalue weighted by Crippen LogP contribution is -2.21. The highest BCUT2D eigenvalue weighted by atomic mass is 16.5. The minimum atomic E-state index is -0.101. The van der Waals surface area contributed by atoms with E-state index in [-0.39, 0.29) is 17.7 Å². The maximum Gasteiger partial charge on any atom is 0.224 e. The van der Waals surface area contributed by atoms with E-state index < -0.39 is 0 Å². The topological polar surface area (TPSA) is 56.1 Å². The van der Waals surface area contributed by atoms with Crippen LogP contribution in [0.25, 0.3) is 0 Å². The van der Waals surface area contributed by atoms with E-state index >= 15 is 0 Å². The van der Waals surface area contributed by atoms with Crippen LogP contribution in [0.3, 0.4) is 0 Å². The summed E-state index contributed by atoms with van der Waals surface area (Å²) in [6.45, 7) is 0.648. The van der Waals surface area contributed by atoms with E-state index in [2.05, 4.69) is 10.3 Å². The molecular formula is C16H19N3O2. The third kappa shape index (κ3) is 2.63. The van der Waals surface area contributed by atoms with Crippen molar-refractivity contribution >= 4 is 5.91 Å². The van der Waals surface area contributed by atoms with Crippen molar-refractivity contribution in [2.75, 3.05) is 13.7 Å². The summed E-state index contributed by atoms with van der Waals surface area (Å²) < 4.78 is 7.30. The standard InChI is InChI=1S/C16H19N3O2/c1-19-9-14(18-10-19)13-8-17-16(20)12(13)7-11-5-3-4-6-15(11)21-2/h3-6,9-10,12-13H,7-8H2,1-2H3,(H,17,20). The molecule has 0 bridgehead atoms.